The Balaban J connectivity index is 2.92. The minimum absolute atomic E-state index is 0.193. The second kappa shape index (κ2) is 4.09. The lowest BCUT2D eigenvalue weighted by Gasteiger charge is -1.97. The number of ketones is 1. The molecule has 0 saturated carbocycles. The fraction of sp³-hybridized carbons (Fsp3) is 0.111. The number of benzene rings is 1. The van der Waals surface area contributed by atoms with Gasteiger partial charge >= 0.3 is 5.97 Å². The first-order valence-electron chi connectivity index (χ1n) is 3.62. The van der Waals surface area contributed by atoms with Crippen molar-refractivity contribution in [2.24, 2.45) is 0 Å². The van der Waals surface area contributed by atoms with Crippen LogP contribution in [-0.4, -0.2) is 16.9 Å². The second-order valence-electron chi connectivity index (χ2n) is 2.49. The van der Waals surface area contributed by atoms with E-state index in [1.165, 1.54) is 12.1 Å². The molecule has 0 amide bonds. The zero-order valence-corrected chi connectivity index (χ0v) is 7.62. The predicted octanol–water partition coefficient (Wildman–Crippen LogP) is 1.38. The Morgan fingerprint density at radius 1 is 1.23 bits per heavy atom. The van der Waals surface area contributed by atoms with Gasteiger partial charge in [0, 0.05) is 11.3 Å². The average molecular weight is 196 g/mol. The van der Waals surface area contributed by atoms with Crippen molar-refractivity contribution in [1.29, 1.82) is 0 Å². The van der Waals surface area contributed by atoms with Crippen LogP contribution in [0, 0.1) is 0 Å². The summed E-state index contributed by atoms with van der Waals surface area (Å²) in [7, 11) is 0. The van der Waals surface area contributed by atoms with Crippen LogP contribution in [0.15, 0.2) is 24.3 Å². The molecule has 0 unspecified atom stereocenters. The van der Waals surface area contributed by atoms with Gasteiger partial charge in [-0.1, -0.05) is 24.3 Å². The van der Waals surface area contributed by atoms with Crippen molar-refractivity contribution in [3.63, 3.8) is 0 Å². The number of carbonyl (C=O) groups is 2. The third-order valence-electron chi connectivity index (χ3n) is 1.59. The maximum atomic E-state index is 10.9. The standard InChI is InChI=1S/C9H8O3S/c10-8(9(11)12)7-3-1-6(5-13)2-4-7/h1-4,13H,5H2,(H,11,12). The molecule has 0 fully saturated rings. The molecule has 0 aliphatic carbocycles. The van der Waals surface area contributed by atoms with Gasteiger partial charge in [-0.25, -0.2) is 4.79 Å². The molecule has 0 spiro atoms. The summed E-state index contributed by atoms with van der Waals surface area (Å²) in [5, 5.41) is 8.40. The SMILES string of the molecule is O=C(O)C(=O)c1ccc(CS)cc1. The molecule has 0 heterocycles. The predicted molar refractivity (Wildman–Crippen MR) is 51.1 cm³/mol. The number of hydrogen-bond donors (Lipinski definition) is 2. The highest BCUT2D eigenvalue weighted by atomic mass is 32.1. The van der Waals surface area contributed by atoms with Gasteiger partial charge in [0.25, 0.3) is 5.78 Å². The number of aliphatic carboxylic acids is 1. The van der Waals surface area contributed by atoms with Crippen LogP contribution in [-0.2, 0) is 10.5 Å². The number of carboxylic acid groups (broad SMARTS) is 1. The second-order valence-corrected chi connectivity index (χ2v) is 2.81. The third kappa shape index (κ3) is 2.32. The van der Waals surface area contributed by atoms with Crippen molar-refractivity contribution >= 4 is 24.4 Å². The number of carbonyl (C=O) groups excluding carboxylic acids is 1. The maximum absolute atomic E-state index is 10.9. The highest BCUT2D eigenvalue weighted by Gasteiger charge is 2.13. The smallest absolute Gasteiger partial charge is 0.377 e. The van der Waals surface area contributed by atoms with Crippen LogP contribution < -0.4 is 0 Å². The van der Waals surface area contributed by atoms with Gasteiger partial charge in [0.2, 0.25) is 0 Å². The van der Waals surface area contributed by atoms with Gasteiger partial charge in [-0.2, -0.15) is 12.6 Å². The Morgan fingerprint density at radius 2 is 1.77 bits per heavy atom. The maximum Gasteiger partial charge on any atom is 0.377 e. The van der Waals surface area contributed by atoms with Crippen molar-refractivity contribution in [1.82, 2.24) is 0 Å². The molecule has 13 heavy (non-hydrogen) atoms. The Bertz CT molecular complexity index is 329. The largest absolute Gasteiger partial charge is 0.475 e. The van der Waals surface area contributed by atoms with Crippen molar-refractivity contribution < 1.29 is 14.7 Å². The molecule has 0 radical (unpaired) electrons. The van der Waals surface area contributed by atoms with E-state index < -0.39 is 11.8 Å². The molecule has 1 rings (SSSR count). The third-order valence-corrected chi connectivity index (χ3v) is 1.96. The Hall–Kier alpha value is -1.29. The van der Waals surface area contributed by atoms with E-state index in [2.05, 4.69) is 12.6 Å². The number of carboxylic acids is 1. The molecule has 68 valence electrons. The molecule has 0 aliphatic heterocycles. The van der Waals surface area contributed by atoms with Crippen molar-refractivity contribution in [3.8, 4) is 0 Å². The first-order chi connectivity index (χ1) is 6.15. The first-order valence-corrected chi connectivity index (χ1v) is 4.26. The number of hydrogen-bond acceptors (Lipinski definition) is 3. The molecular weight excluding hydrogens is 188 g/mol. The fourth-order valence-corrected chi connectivity index (χ4v) is 1.10. The number of rotatable bonds is 3. The quantitative estimate of drug-likeness (QED) is 0.436. The van der Waals surface area contributed by atoms with Crippen molar-refractivity contribution in [2.75, 3.05) is 0 Å². The first kappa shape index (κ1) is 9.80. The summed E-state index contributed by atoms with van der Waals surface area (Å²) >= 11 is 4.04. The average Bonchev–Trinajstić information content (AvgIpc) is 2.17. The van der Waals surface area contributed by atoms with Crippen LogP contribution in [0.5, 0.6) is 0 Å². The minimum Gasteiger partial charge on any atom is -0.475 e. The van der Waals surface area contributed by atoms with Gasteiger partial charge < -0.3 is 5.11 Å². The highest BCUT2D eigenvalue weighted by molar-refractivity contribution is 7.79. The van der Waals surface area contributed by atoms with Crippen molar-refractivity contribution in [3.05, 3.63) is 35.4 Å². The summed E-state index contributed by atoms with van der Waals surface area (Å²) in [5.74, 6) is -1.74. The van der Waals surface area contributed by atoms with E-state index in [4.69, 9.17) is 5.11 Å². The van der Waals surface area contributed by atoms with Gasteiger partial charge in [0.1, 0.15) is 0 Å². The molecule has 0 saturated heterocycles. The Labute approximate surface area is 80.8 Å². The van der Waals surface area contributed by atoms with Gasteiger partial charge in [-0.05, 0) is 5.56 Å². The lowest BCUT2D eigenvalue weighted by molar-refractivity contribution is -0.131. The fourth-order valence-electron chi connectivity index (χ4n) is 0.885. The van der Waals surface area contributed by atoms with E-state index in [0.29, 0.717) is 5.75 Å². The summed E-state index contributed by atoms with van der Waals surface area (Å²) in [4.78, 5) is 21.2. The summed E-state index contributed by atoms with van der Waals surface area (Å²) in [5.41, 5.74) is 1.14. The topological polar surface area (TPSA) is 54.4 Å². The van der Waals surface area contributed by atoms with Crippen LogP contribution in [0.3, 0.4) is 0 Å². The summed E-state index contributed by atoms with van der Waals surface area (Å²) in [6.07, 6.45) is 0. The van der Waals surface area contributed by atoms with Crippen LogP contribution in [0.4, 0.5) is 0 Å². The summed E-state index contributed by atoms with van der Waals surface area (Å²) in [6.45, 7) is 0. The van der Waals surface area contributed by atoms with Gasteiger partial charge in [-0.3, -0.25) is 4.79 Å². The monoisotopic (exact) mass is 196 g/mol. The normalized spacial score (nSPS) is 9.62. The Kier molecular flexibility index (Phi) is 3.08. The molecule has 3 nitrogen and oxygen atoms in total. The van der Waals surface area contributed by atoms with Crippen molar-refractivity contribution in [2.45, 2.75) is 5.75 Å². The molecular formula is C9H8O3S. The van der Waals surface area contributed by atoms with E-state index in [0.717, 1.165) is 5.56 Å². The summed E-state index contributed by atoms with van der Waals surface area (Å²) < 4.78 is 0. The van der Waals surface area contributed by atoms with E-state index in [9.17, 15) is 9.59 Å². The van der Waals surface area contributed by atoms with Crippen LogP contribution in [0.2, 0.25) is 0 Å². The lowest BCUT2D eigenvalue weighted by atomic mass is 10.1. The van der Waals surface area contributed by atoms with Gasteiger partial charge in [0.15, 0.2) is 0 Å². The highest BCUT2D eigenvalue weighted by Crippen LogP contribution is 2.07. The molecule has 0 bridgehead atoms. The van der Waals surface area contributed by atoms with E-state index in [1.807, 2.05) is 0 Å². The zero-order chi connectivity index (χ0) is 9.84. The zero-order valence-electron chi connectivity index (χ0n) is 6.73. The molecule has 4 heteroatoms. The van der Waals surface area contributed by atoms with E-state index >= 15 is 0 Å². The number of Topliss-reactive ketones (excluding diaryl/α,β-unsaturated/α-hetero) is 1. The lowest BCUT2D eigenvalue weighted by Crippen LogP contribution is -2.12. The molecule has 0 aromatic heterocycles. The molecule has 1 N–H and O–H groups in total. The molecule has 1 aromatic carbocycles. The number of thiol groups is 1. The van der Waals surface area contributed by atoms with Gasteiger partial charge in [-0.15, -0.1) is 0 Å². The van der Waals surface area contributed by atoms with E-state index in [1.54, 1.807) is 12.1 Å². The molecule has 0 atom stereocenters. The minimum atomic E-state index is -1.43. The van der Waals surface area contributed by atoms with Crippen LogP contribution >= 0.6 is 12.6 Å². The summed E-state index contributed by atoms with van der Waals surface area (Å²) in [6, 6.07) is 6.34. The van der Waals surface area contributed by atoms with E-state index in [-0.39, 0.29) is 5.56 Å². The van der Waals surface area contributed by atoms with Gasteiger partial charge in [0.05, 0.1) is 0 Å². The van der Waals surface area contributed by atoms with Crippen LogP contribution in [0.25, 0.3) is 0 Å². The Morgan fingerprint density at radius 3 is 2.15 bits per heavy atom. The molecule has 0 aliphatic rings. The molecule has 1 aromatic rings. The van der Waals surface area contributed by atoms with Crippen LogP contribution in [0.1, 0.15) is 15.9 Å².